The van der Waals surface area contributed by atoms with Crippen molar-refractivity contribution in [3.63, 3.8) is 0 Å². The van der Waals surface area contributed by atoms with Gasteiger partial charge in [-0.25, -0.2) is 0 Å². The summed E-state index contributed by atoms with van der Waals surface area (Å²) in [7, 11) is 0. The molecule has 2 saturated heterocycles. The smallest absolute Gasteiger partial charge is 0.257 e. The molecule has 0 unspecified atom stereocenters. The molecule has 2 aromatic heterocycles. The quantitative estimate of drug-likeness (QED) is 0.495. The molecule has 180 valence electrons. The number of nitrogens with zero attached hydrogens (tertiary/aromatic N) is 4. The van der Waals surface area contributed by atoms with Crippen LogP contribution in [-0.2, 0) is 9.47 Å². The van der Waals surface area contributed by atoms with Crippen molar-refractivity contribution < 1.29 is 23.7 Å². The number of H-pyrrole nitrogens is 1. The number of nitriles is 1. The van der Waals surface area contributed by atoms with Crippen LogP contribution >= 0.6 is 0 Å². The Kier molecular flexibility index (Phi) is 5.48. The number of hydrogen-bond donors (Lipinski definition) is 3. The van der Waals surface area contributed by atoms with Gasteiger partial charge in [0.2, 0.25) is 5.95 Å². The maximum atomic E-state index is 13.1. The molecule has 3 N–H and O–H groups in total. The summed E-state index contributed by atoms with van der Waals surface area (Å²) in [5, 5.41) is 16.6. The van der Waals surface area contributed by atoms with E-state index in [9.17, 15) is 10.1 Å². The zero-order chi connectivity index (χ0) is 23.8. The lowest BCUT2D eigenvalue weighted by atomic mass is 10.1. The highest BCUT2D eigenvalue weighted by molar-refractivity contribution is 5.99. The molecule has 3 aliphatic rings. The van der Waals surface area contributed by atoms with Crippen molar-refractivity contribution in [2.24, 2.45) is 0 Å². The number of hydrogen-bond acceptors (Lipinski definition) is 10. The number of amides is 1. The molecule has 0 atom stereocenters. The van der Waals surface area contributed by atoms with E-state index in [4.69, 9.17) is 18.9 Å². The summed E-state index contributed by atoms with van der Waals surface area (Å²) >= 11 is 0. The number of nitrogens with one attached hydrogen (secondary N) is 3. The number of carbonyl (C=O) groups is 1. The van der Waals surface area contributed by atoms with E-state index in [0.717, 1.165) is 0 Å². The van der Waals surface area contributed by atoms with Crippen LogP contribution in [-0.4, -0.2) is 84.5 Å². The zero-order valence-electron chi connectivity index (χ0n) is 18.8. The molecular weight excluding hydrogens is 454 g/mol. The summed E-state index contributed by atoms with van der Waals surface area (Å²) in [6, 6.07) is 5.76. The molecule has 0 aliphatic carbocycles. The van der Waals surface area contributed by atoms with Crippen molar-refractivity contribution in [3.8, 4) is 17.6 Å². The zero-order valence-corrected chi connectivity index (χ0v) is 18.8. The third-order valence-corrected chi connectivity index (χ3v) is 6.09. The fourth-order valence-corrected chi connectivity index (χ4v) is 4.25. The molecule has 3 aliphatic heterocycles. The molecule has 1 aromatic carbocycles. The Morgan fingerprint density at radius 3 is 2.63 bits per heavy atom. The van der Waals surface area contributed by atoms with Crippen molar-refractivity contribution >= 4 is 34.4 Å². The second-order valence-electron chi connectivity index (χ2n) is 8.36. The van der Waals surface area contributed by atoms with Crippen LogP contribution in [0.3, 0.4) is 0 Å². The largest absolute Gasteiger partial charge is 0.485 e. The molecule has 1 amide bonds. The van der Waals surface area contributed by atoms with Crippen molar-refractivity contribution in [2.75, 3.05) is 63.4 Å². The van der Waals surface area contributed by atoms with Gasteiger partial charge in [-0.3, -0.25) is 4.79 Å². The maximum absolute atomic E-state index is 13.1. The highest BCUT2D eigenvalue weighted by atomic mass is 16.6. The van der Waals surface area contributed by atoms with E-state index in [0.29, 0.717) is 104 Å². The number of fused-ring (bicyclic) bond motifs is 2. The topological polar surface area (TPSA) is 147 Å². The summed E-state index contributed by atoms with van der Waals surface area (Å²) in [6.07, 6.45) is 1.61. The van der Waals surface area contributed by atoms with Gasteiger partial charge in [0.25, 0.3) is 5.91 Å². The number of ether oxygens (including phenoxy) is 4. The molecular formula is C23H23N7O5. The summed E-state index contributed by atoms with van der Waals surface area (Å²) < 4.78 is 22.4. The van der Waals surface area contributed by atoms with Gasteiger partial charge < -0.3 is 39.5 Å². The van der Waals surface area contributed by atoms with Crippen LogP contribution in [0.4, 0.5) is 17.5 Å². The van der Waals surface area contributed by atoms with E-state index >= 15 is 0 Å². The lowest BCUT2D eigenvalue weighted by Gasteiger charge is -2.29. The molecule has 12 heteroatoms. The molecule has 12 nitrogen and oxygen atoms in total. The van der Waals surface area contributed by atoms with Crippen molar-refractivity contribution in [3.05, 3.63) is 29.5 Å². The summed E-state index contributed by atoms with van der Waals surface area (Å²) in [5.74, 6) is 1.55. The number of rotatable bonds is 5. The van der Waals surface area contributed by atoms with E-state index in [1.165, 1.54) is 0 Å². The Morgan fingerprint density at radius 1 is 1.09 bits per heavy atom. The number of aromatic nitrogens is 3. The fraction of sp³-hybridized carbons (Fsp3) is 0.391. The Hall–Kier alpha value is -4.08. The monoisotopic (exact) mass is 477 g/mol. The van der Waals surface area contributed by atoms with Crippen molar-refractivity contribution in [1.29, 1.82) is 5.26 Å². The summed E-state index contributed by atoms with van der Waals surface area (Å²) in [6.45, 7) is 3.93. The Bertz CT molecular complexity index is 1320. The van der Waals surface area contributed by atoms with Gasteiger partial charge in [0.1, 0.15) is 30.7 Å². The third-order valence-electron chi connectivity index (χ3n) is 6.09. The van der Waals surface area contributed by atoms with E-state index in [1.54, 1.807) is 23.2 Å². The first-order valence-electron chi connectivity index (χ1n) is 11.4. The van der Waals surface area contributed by atoms with Crippen molar-refractivity contribution in [2.45, 2.75) is 6.04 Å². The normalized spacial score (nSPS) is 17.5. The standard InChI is InChI=1S/C23H23N7O5/c24-9-13-10-25-20-17(13)21(26-14-11-33-12-14)29-23(28-20)27-16-2-1-15(18-19(16)35-8-7-34-18)22(31)30-3-5-32-6-4-30/h1-2,10,14H,3-8,11-12H2,(H3,25,26,27,28,29). The Labute approximate surface area is 200 Å². The SMILES string of the molecule is N#Cc1c[nH]c2nc(Nc3ccc(C(=O)N4CCOCC4)c4c3OCCO4)nc(NC3COC3)c12. The van der Waals surface area contributed by atoms with Gasteiger partial charge in [0.05, 0.1) is 54.7 Å². The predicted molar refractivity (Wildman–Crippen MR) is 124 cm³/mol. The number of aromatic amines is 1. The van der Waals surface area contributed by atoms with E-state index in [-0.39, 0.29) is 11.9 Å². The summed E-state index contributed by atoms with van der Waals surface area (Å²) in [5.41, 5.74) is 1.99. The number of carbonyl (C=O) groups excluding carboxylic acids is 1. The molecule has 0 saturated carbocycles. The first-order chi connectivity index (χ1) is 17.2. The van der Waals surface area contributed by atoms with E-state index < -0.39 is 0 Å². The molecule has 35 heavy (non-hydrogen) atoms. The molecule has 0 spiro atoms. The van der Waals surface area contributed by atoms with E-state index in [1.807, 2.05) is 0 Å². The van der Waals surface area contributed by atoms with Gasteiger partial charge in [-0.05, 0) is 12.1 Å². The summed E-state index contributed by atoms with van der Waals surface area (Å²) in [4.78, 5) is 27.1. The minimum atomic E-state index is -0.121. The molecule has 2 fully saturated rings. The average Bonchev–Trinajstić information content (AvgIpc) is 3.30. The highest BCUT2D eigenvalue weighted by Crippen LogP contribution is 2.42. The predicted octanol–water partition coefficient (Wildman–Crippen LogP) is 1.63. The van der Waals surface area contributed by atoms with E-state index in [2.05, 4.69) is 31.7 Å². The van der Waals surface area contributed by atoms with Crippen molar-refractivity contribution in [1.82, 2.24) is 19.9 Å². The van der Waals surface area contributed by atoms with Gasteiger partial charge in [-0.1, -0.05) is 0 Å². The first kappa shape index (κ1) is 21.5. The minimum Gasteiger partial charge on any atom is -0.485 e. The lowest BCUT2D eigenvalue weighted by molar-refractivity contribution is 0.0210. The number of benzene rings is 1. The Morgan fingerprint density at radius 2 is 1.89 bits per heavy atom. The van der Waals surface area contributed by atoms with Crippen LogP contribution < -0.4 is 20.1 Å². The van der Waals surface area contributed by atoms with Crippen LogP contribution in [0.2, 0.25) is 0 Å². The van der Waals surface area contributed by atoms with Gasteiger partial charge in [-0.2, -0.15) is 15.2 Å². The molecule has 0 bridgehead atoms. The molecule has 3 aromatic rings. The first-order valence-corrected chi connectivity index (χ1v) is 11.4. The average molecular weight is 477 g/mol. The van der Waals surface area contributed by atoms with Crippen LogP contribution in [0.1, 0.15) is 15.9 Å². The lowest BCUT2D eigenvalue weighted by Crippen LogP contribution is -2.41. The van der Waals surface area contributed by atoms with Crippen LogP contribution in [0.5, 0.6) is 11.5 Å². The molecule has 0 radical (unpaired) electrons. The van der Waals surface area contributed by atoms with Crippen LogP contribution in [0.15, 0.2) is 18.3 Å². The maximum Gasteiger partial charge on any atom is 0.257 e. The Balaban J connectivity index is 1.35. The van der Waals surface area contributed by atoms with Gasteiger partial charge >= 0.3 is 0 Å². The van der Waals surface area contributed by atoms with Crippen LogP contribution in [0.25, 0.3) is 11.0 Å². The molecule has 6 rings (SSSR count). The van der Waals surface area contributed by atoms with Crippen LogP contribution in [0, 0.1) is 11.3 Å². The number of anilines is 3. The second kappa shape index (κ2) is 8.94. The second-order valence-corrected chi connectivity index (χ2v) is 8.36. The highest BCUT2D eigenvalue weighted by Gasteiger charge is 2.28. The van der Waals surface area contributed by atoms with Gasteiger partial charge in [-0.15, -0.1) is 0 Å². The van der Waals surface area contributed by atoms with Gasteiger partial charge in [0.15, 0.2) is 11.5 Å². The van der Waals surface area contributed by atoms with Gasteiger partial charge in [0, 0.05) is 19.3 Å². The number of morpholine rings is 1. The minimum absolute atomic E-state index is 0.109. The fourth-order valence-electron chi connectivity index (χ4n) is 4.25. The third kappa shape index (κ3) is 3.94. The molecule has 5 heterocycles.